The number of ether oxygens (including phenoxy) is 1. The van der Waals surface area contributed by atoms with Crippen LogP contribution < -0.4 is 4.90 Å². The van der Waals surface area contributed by atoms with Crippen molar-refractivity contribution >= 4 is 49.3 Å². The topological polar surface area (TPSA) is 64.4 Å². The Bertz CT molecular complexity index is 1060. The molecule has 0 unspecified atom stereocenters. The number of halogens is 1. The first-order chi connectivity index (χ1) is 12.5. The van der Waals surface area contributed by atoms with Crippen LogP contribution in [0.2, 0.25) is 0 Å². The molecule has 1 aromatic carbocycles. The van der Waals surface area contributed by atoms with Crippen molar-refractivity contribution in [3.63, 3.8) is 0 Å². The molecule has 136 valence electrons. The lowest BCUT2D eigenvalue weighted by atomic mass is 10.2. The third-order valence-electron chi connectivity index (χ3n) is 4.52. The van der Waals surface area contributed by atoms with Crippen LogP contribution >= 0.6 is 22.6 Å². The van der Waals surface area contributed by atoms with Gasteiger partial charge in [-0.15, -0.1) is 0 Å². The van der Waals surface area contributed by atoms with Crippen LogP contribution in [0, 0.1) is 10.5 Å². The lowest BCUT2D eigenvalue weighted by Crippen LogP contribution is -2.36. The van der Waals surface area contributed by atoms with Crippen molar-refractivity contribution in [3.05, 3.63) is 51.9 Å². The van der Waals surface area contributed by atoms with Crippen LogP contribution in [-0.2, 0) is 14.8 Å². The smallest absolute Gasteiger partial charge is 0.269 e. The third-order valence-corrected chi connectivity index (χ3v) is 7.00. The molecule has 1 saturated heterocycles. The number of benzene rings is 1. The Labute approximate surface area is 166 Å². The Hall–Kier alpha value is -1.65. The summed E-state index contributed by atoms with van der Waals surface area (Å²) in [6, 6.07) is 8.81. The summed E-state index contributed by atoms with van der Waals surface area (Å²) in [7, 11) is -3.70. The lowest BCUT2D eigenvalue weighted by Gasteiger charge is -2.29. The summed E-state index contributed by atoms with van der Waals surface area (Å²) in [5.74, 6) is 0. The van der Waals surface area contributed by atoms with Gasteiger partial charge in [-0.2, -0.15) is 0 Å². The molecule has 6 nitrogen and oxygen atoms in total. The molecule has 0 spiro atoms. The molecule has 0 radical (unpaired) electrons. The highest BCUT2D eigenvalue weighted by Crippen LogP contribution is 2.33. The van der Waals surface area contributed by atoms with Gasteiger partial charge in [-0.1, -0.05) is 17.7 Å². The molecule has 0 N–H and O–H groups in total. The van der Waals surface area contributed by atoms with E-state index in [1.807, 2.05) is 13.0 Å². The number of anilines is 1. The number of pyridine rings is 1. The van der Waals surface area contributed by atoms with E-state index in [4.69, 9.17) is 4.74 Å². The lowest BCUT2D eigenvalue weighted by molar-refractivity contribution is 0.123. The van der Waals surface area contributed by atoms with E-state index in [-0.39, 0.29) is 4.90 Å². The van der Waals surface area contributed by atoms with Crippen LogP contribution in [0.1, 0.15) is 5.56 Å². The molecular formula is C18H18IN3O3S. The summed E-state index contributed by atoms with van der Waals surface area (Å²) < 4.78 is 33.9. The van der Waals surface area contributed by atoms with Gasteiger partial charge in [-0.25, -0.2) is 17.4 Å². The van der Waals surface area contributed by atoms with Crippen molar-refractivity contribution in [1.29, 1.82) is 0 Å². The van der Waals surface area contributed by atoms with Gasteiger partial charge in [0.1, 0.15) is 0 Å². The number of nitrogens with zero attached hydrogens (tertiary/aromatic N) is 3. The van der Waals surface area contributed by atoms with Crippen molar-refractivity contribution in [3.8, 4) is 0 Å². The van der Waals surface area contributed by atoms with Crippen molar-refractivity contribution in [2.75, 3.05) is 31.2 Å². The molecule has 0 atom stereocenters. The standard InChI is InChI=1S/C18H18IN3O3S/c1-13-2-4-14(5-3-13)26(23,24)22-12-15(19)17-16(6-7-20-18(17)22)21-8-10-25-11-9-21/h2-7,12H,8-11H2,1H3. The highest BCUT2D eigenvalue weighted by atomic mass is 127. The van der Waals surface area contributed by atoms with Gasteiger partial charge < -0.3 is 9.64 Å². The Morgan fingerprint density at radius 3 is 2.50 bits per heavy atom. The minimum atomic E-state index is -3.70. The molecule has 1 aliphatic rings. The maximum Gasteiger partial charge on any atom is 0.269 e. The average Bonchev–Trinajstić information content (AvgIpc) is 3.01. The number of rotatable bonds is 3. The fourth-order valence-corrected chi connectivity index (χ4v) is 5.44. The van der Waals surface area contributed by atoms with E-state index in [0.29, 0.717) is 18.9 Å². The van der Waals surface area contributed by atoms with Crippen LogP contribution in [0.5, 0.6) is 0 Å². The summed E-state index contributed by atoms with van der Waals surface area (Å²) in [5, 5.41) is 0.866. The molecule has 0 saturated carbocycles. The van der Waals surface area contributed by atoms with E-state index in [1.165, 1.54) is 3.97 Å². The van der Waals surface area contributed by atoms with E-state index in [2.05, 4.69) is 32.5 Å². The van der Waals surface area contributed by atoms with Gasteiger partial charge in [0.2, 0.25) is 0 Å². The van der Waals surface area contributed by atoms with Gasteiger partial charge in [0.25, 0.3) is 10.0 Å². The predicted molar refractivity (Wildman–Crippen MR) is 109 cm³/mol. The monoisotopic (exact) mass is 483 g/mol. The first-order valence-electron chi connectivity index (χ1n) is 8.29. The normalized spacial score (nSPS) is 15.5. The van der Waals surface area contributed by atoms with Gasteiger partial charge in [0.05, 0.1) is 29.2 Å². The third kappa shape index (κ3) is 2.99. The summed E-state index contributed by atoms with van der Waals surface area (Å²) in [6.45, 7) is 4.84. The molecule has 0 amide bonds. The largest absolute Gasteiger partial charge is 0.378 e. The molecule has 4 rings (SSSR count). The quantitative estimate of drug-likeness (QED) is 0.536. The summed E-state index contributed by atoms with van der Waals surface area (Å²) >= 11 is 2.18. The SMILES string of the molecule is Cc1ccc(S(=O)(=O)n2cc(I)c3c(N4CCOCC4)ccnc32)cc1. The van der Waals surface area contributed by atoms with Gasteiger partial charge >= 0.3 is 0 Å². The van der Waals surface area contributed by atoms with E-state index < -0.39 is 10.0 Å². The van der Waals surface area contributed by atoms with Gasteiger partial charge in [-0.05, 0) is 47.7 Å². The number of aryl methyl sites for hydroxylation is 1. The van der Waals surface area contributed by atoms with E-state index >= 15 is 0 Å². The zero-order chi connectivity index (χ0) is 18.3. The van der Waals surface area contributed by atoms with Crippen molar-refractivity contribution in [2.45, 2.75) is 11.8 Å². The zero-order valence-corrected chi connectivity index (χ0v) is 17.2. The van der Waals surface area contributed by atoms with Gasteiger partial charge in [-0.3, -0.25) is 0 Å². The molecule has 0 bridgehead atoms. The fourth-order valence-electron chi connectivity index (χ4n) is 3.14. The molecule has 3 aromatic rings. The van der Waals surface area contributed by atoms with Crippen LogP contribution in [-0.4, -0.2) is 43.7 Å². The Morgan fingerprint density at radius 1 is 1.12 bits per heavy atom. The minimum absolute atomic E-state index is 0.259. The highest BCUT2D eigenvalue weighted by molar-refractivity contribution is 14.1. The van der Waals surface area contributed by atoms with Gasteiger partial charge in [0, 0.05) is 29.1 Å². The minimum Gasteiger partial charge on any atom is -0.378 e. The summed E-state index contributed by atoms with van der Waals surface area (Å²) in [5.41, 5.74) is 2.48. The molecule has 8 heteroatoms. The first-order valence-corrected chi connectivity index (χ1v) is 10.8. The van der Waals surface area contributed by atoms with E-state index in [9.17, 15) is 8.42 Å². The van der Waals surface area contributed by atoms with Crippen LogP contribution in [0.15, 0.2) is 47.6 Å². The van der Waals surface area contributed by atoms with E-state index in [0.717, 1.165) is 33.3 Å². The van der Waals surface area contributed by atoms with Gasteiger partial charge in [0.15, 0.2) is 5.65 Å². The fraction of sp³-hybridized carbons (Fsp3) is 0.278. The number of hydrogen-bond acceptors (Lipinski definition) is 5. The van der Waals surface area contributed by atoms with E-state index in [1.54, 1.807) is 36.7 Å². The second-order valence-corrected chi connectivity index (χ2v) is 9.20. The zero-order valence-electron chi connectivity index (χ0n) is 14.2. The summed E-state index contributed by atoms with van der Waals surface area (Å²) in [4.78, 5) is 6.87. The average molecular weight is 483 g/mol. The highest BCUT2D eigenvalue weighted by Gasteiger charge is 2.24. The number of hydrogen-bond donors (Lipinski definition) is 0. The first kappa shape index (κ1) is 17.7. The molecular weight excluding hydrogens is 465 g/mol. The number of fused-ring (bicyclic) bond motifs is 1. The van der Waals surface area contributed by atoms with Crippen molar-refractivity contribution < 1.29 is 13.2 Å². The number of aromatic nitrogens is 2. The Kier molecular flexibility index (Phi) is 4.66. The molecule has 3 heterocycles. The van der Waals surface area contributed by atoms with Crippen molar-refractivity contribution in [2.24, 2.45) is 0 Å². The molecule has 2 aromatic heterocycles. The number of morpholine rings is 1. The van der Waals surface area contributed by atoms with Crippen LogP contribution in [0.3, 0.4) is 0 Å². The van der Waals surface area contributed by atoms with Crippen molar-refractivity contribution in [1.82, 2.24) is 8.96 Å². The maximum absolute atomic E-state index is 13.1. The predicted octanol–water partition coefficient (Wildman–Crippen LogP) is 3.02. The Balaban J connectivity index is 1.88. The second kappa shape index (κ2) is 6.82. The molecule has 26 heavy (non-hydrogen) atoms. The second-order valence-electron chi connectivity index (χ2n) is 6.22. The molecule has 0 aliphatic carbocycles. The van der Waals surface area contributed by atoms with Crippen LogP contribution in [0.25, 0.3) is 11.0 Å². The summed E-state index contributed by atoms with van der Waals surface area (Å²) in [6.07, 6.45) is 3.32. The molecule has 1 aliphatic heterocycles. The maximum atomic E-state index is 13.1. The Morgan fingerprint density at radius 2 is 1.81 bits per heavy atom. The molecule has 1 fully saturated rings. The van der Waals surface area contributed by atoms with Crippen LogP contribution in [0.4, 0.5) is 5.69 Å².